The Kier molecular flexibility index (Phi) is 7.89. The van der Waals surface area contributed by atoms with Gasteiger partial charge in [0.15, 0.2) is 0 Å². The summed E-state index contributed by atoms with van der Waals surface area (Å²) in [7, 11) is 0. The Labute approximate surface area is 170 Å². The van der Waals surface area contributed by atoms with Crippen LogP contribution in [0, 0.1) is 25.2 Å². The highest BCUT2D eigenvalue weighted by Gasteiger charge is 2.28. The molecule has 2 rings (SSSR count). The first-order valence-corrected chi connectivity index (χ1v) is 10.5. The molecule has 0 aromatic carbocycles. The lowest BCUT2D eigenvalue weighted by atomic mass is 10.2. The Morgan fingerprint density at radius 3 is 2.82 bits per heavy atom. The van der Waals surface area contributed by atoms with Crippen molar-refractivity contribution in [2.24, 2.45) is 5.92 Å². The highest BCUT2D eigenvalue weighted by molar-refractivity contribution is 7.99. The van der Waals surface area contributed by atoms with E-state index in [0.29, 0.717) is 16.4 Å². The molecule has 2 aromatic rings. The number of amides is 1. The molecule has 0 N–H and O–H groups in total. The lowest BCUT2D eigenvalue weighted by Gasteiger charge is -2.23. The van der Waals surface area contributed by atoms with Crippen molar-refractivity contribution in [1.82, 2.24) is 9.97 Å². The van der Waals surface area contributed by atoms with E-state index < -0.39 is 18.5 Å². The number of thioether (sulfide) groups is 1. The van der Waals surface area contributed by atoms with Gasteiger partial charge in [-0.3, -0.25) is 14.7 Å². The molecule has 2 heterocycles. The first-order chi connectivity index (χ1) is 13.2. The molecule has 1 amide bonds. The summed E-state index contributed by atoms with van der Waals surface area (Å²) in [5, 5.41) is 1.37. The van der Waals surface area contributed by atoms with Crippen LogP contribution in [0.3, 0.4) is 0 Å². The van der Waals surface area contributed by atoms with Crippen molar-refractivity contribution in [3.8, 4) is 22.9 Å². The van der Waals surface area contributed by atoms with Gasteiger partial charge in [0.05, 0.1) is 18.7 Å². The fraction of sp³-hybridized carbons (Fsp3) is 0.421. The molecule has 28 heavy (non-hydrogen) atoms. The van der Waals surface area contributed by atoms with Crippen LogP contribution in [0.2, 0.25) is 0 Å². The van der Waals surface area contributed by atoms with E-state index in [1.54, 1.807) is 32.3 Å². The van der Waals surface area contributed by atoms with Crippen LogP contribution < -0.4 is 4.90 Å². The second-order valence-electron chi connectivity index (χ2n) is 6.12. The van der Waals surface area contributed by atoms with E-state index in [-0.39, 0.29) is 18.2 Å². The number of alkyl halides is 3. The Bertz CT molecular complexity index is 831. The number of carbonyl (C=O) groups is 1. The maximum absolute atomic E-state index is 12.9. The third kappa shape index (κ3) is 6.24. The number of thiazole rings is 1. The van der Waals surface area contributed by atoms with Gasteiger partial charge in [-0.1, -0.05) is 24.2 Å². The molecule has 4 nitrogen and oxygen atoms in total. The lowest BCUT2D eigenvalue weighted by molar-refractivity contribution is -0.129. The second kappa shape index (κ2) is 9.94. The zero-order valence-corrected chi connectivity index (χ0v) is 17.1. The summed E-state index contributed by atoms with van der Waals surface area (Å²) in [5.74, 6) is 2.02. The van der Waals surface area contributed by atoms with Crippen molar-refractivity contribution >= 4 is 34.0 Å². The van der Waals surface area contributed by atoms with Gasteiger partial charge in [-0.2, -0.15) is 24.9 Å². The maximum atomic E-state index is 12.9. The fourth-order valence-corrected chi connectivity index (χ4v) is 4.48. The number of anilines is 1. The normalized spacial score (nSPS) is 12.4. The summed E-state index contributed by atoms with van der Waals surface area (Å²) < 4.78 is 36.8. The molecule has 0 spiro atoms. The molecular formula is C19H20F3N3OS2. The van der Waals surface area contributed by atoms with E-state index in [1.807, 2.05) is 6.07 Å². The average Bonchev–Trinajstić information content (AvgIpc) is 3.04. The Morgan fingerprint density at radius 1 is 1.46 bits per heavy atom. The van der Waals surface area contributed by atoms with Gasteiger partial charge >= 0.3 is 6.18 Å². The third-order valence-corrected chi connectivity index (χ3v) is 6.22. The van der Waals surface area contributed by atoms with Gasteiger partial charge in [0.1, 0.15) is 10.0 Å². The number of rotatable bonds is 8. The van der Waals surface area contributed by atoms with Crippen LogP contribution in [-0.4, -0.2) is 40.1 Å². The predicted octanol–water partition coefficient (Wildman–Crippen LogP) is 4.80. The summed E-state index contributed by atoms with van der Waals surface area (Å²) in [6.45, 7) is 3.57. The van der Waals surface area contributed by atoms with Gasteiger partial charge in [0, 0.05) is 35.4 Å². The smallest absolute Gasteiger partial charge is 0.290 e. The van der Waals surface area contributed by atoms with Gasteiger partial charge < -0.3 is 0 Å². The van der Waals surface area contributed by atoms with Gasteiger partial charge in [0.25, 0.3) is 0 Å². The largest absolute Gasteiger partial charge is 0.389 e. The lowest BCUT2D eigenvalue weighted by Crippen LogP contribution is -2.36. The standard InChI is InChI=1S/C19H20F3N3OS2/c1-4-9-25(17(26)13(2)12-27-10-7-19(20,21)22)18-14(3)24-16(28-18)15-6-5-8-23-11-15/h1,5-6,8,11,13H,7,9-10,12H2,2-3H3. The molecular weight excluding hydrogens is 407 g/mol. The summed E-state index contributed by atoms with van der Waals surface area (Å²) in [4.78, 5) is 23.0. The van der Waals surface area contributed by atoms with Crippen molar-refractivity contribution in [1.29, 1.82) is 0 Å². The first kappa shape index (κ1) is 22.2. The third-order valence-electron chi connectivity index (χ3n) is 3.76. The van der Waals surface area contributed by atoms with Crippen LogP contribution in [0.25, 0.3) is 10.6 Å². The molecule has 0 saturated carbocycles. The molecule has 0 fully saturated rings. The monoisotopic (exact) mass is 427 g/mol. The Balaban J connectivity index is 2.11. The SMILES string of the molecule is C#CCN(C(=O)C(C)CSCCC(F)(F)F)c1sc(-c2cccnc2)nc1C. The number of halogens is 3. The van der Waals surface area contributed by atoms with E-state index in [2.05, 4.69) is 15.9 Å². The number of hydrogen-bond donors (Lipinski definition) is 0. The molecule has 0 aliphatic rings. The molecule has 0 aliphatic carbocycles. The highest BCUT2D eigenvalue weighted by Crippen LogP contribution is 2.35. The van der Waals surface area contributed by atoms with Crippen molar-refractivity contribution < 1.29 is 18.0 Å². The van der Waals surface area contributed by atoms with E-state index in [4.69, 9.17) is 6.42 Å². The van der Waals surface area contributed by atoms with Crippen LogP contribution in [-0.2, 0) is 4.79 Å². The van der Waals surface area contributed by atoms with E-state index in [0.717, 1.165) is 22.3 Å². The van der Waals surface area contributed by atoms with E-state index in [9.17, 15) is 18.0 Å². The van der Waals surface area contributed by atoms with Crippen molar-refractivity contribution in [2.75, 3.05) is 23.0 Å². The zero-order valence-electron chi connectivity index (χ0n) is 15.5. The van der Waals surface area contributed by atoms with Crippen molar-refractivity contribution in [3.05, 3.63) is 30.2 Å². The number of terminal acetylenes is 1. The molecule has 0 bridgehead atoms. The van der Waals surface area contributed by atoms with Crippen LogP contribution >= 0.6 is 23.1 Å². The molecule has 0 saturated heterocycles. The van der Waals surface area contributed by atoms with Crippen molar-refractivity contribution in [3.63, 3.8) is 0 Å². The van der Waals surface area contributed by atoms with Crippen molar-refractivity contribution in [2.45, 2.75) is 26.4 Å². The number of aromatic nitrogens is 2. The Hall–Kier alpha value is -2.05. The quantitative estimate of drug-likeness (QED) is 0.448. The molecule has 0 radical (unpaired) electrons. The molecule has 2 aromatic heterocycles. The van der Waals surface area contributed by atoms with E-state index in [1.165, 1.54) is 16.2 Å². The highest BCUT2D eigenvalue weighted by atomic mass is 32.2. The molecule has 1 unspecified atom stereocenters. The van der Waals surface area contributed by atoms with Crippen LogP contribution in [0.5, 0.6) is 0 Å². The van der Waals surface area contributed by atoms with Crippen LogP contribution in [0.4, 0.5) is 18.2 Å². The molecule has 9 heteroatoms. The van der Waals surface area contributed by atoms with Gasteiger partial charge in [-0.15, -0.1) is 6.42 Å². The number of aryl methyl sites for hydroxylation is 1. The first-order valence-electron chi connectivity index (χ1n) is 8.50. The minimum atomic E-state index is -4.18. The minimum Gasteiger partial charge on any atom is -0.290 e. The fourth-order valence-electron chi connectivity index (χ4n) is 2.38. The summed E-state index contributed by atoms with van der Waals surface area (Å²) >= 11 is 2.45. The molecule has 1 atom stereocenters. The molecule has 150 valence electrons. The van der Waals surface area contributed by atoms with E-state index >= 15 is 0 Å². The number of pyridine rings is 1. The maximum Gasteiger partial charge on any atom is 0.389 e. The minimum absolute atomic E-state index is 0.0685. The Morgan fingerprint density at radius 2 is 2.21 bits per heavy atom. The number of hydrogen-bond acceptors (Lipinski definition) is 5. The predicted molar refractivity (Wildman–Crippen MR) is 108 cm³/mol. The van der Waals surface area contributed by atoms with Crippen LogP contribution in [0.1, 0.15) is 19.0 Å². The number of nitrogens with zero attached hydrogens (tertiary/aromatic N) is 3. The summed E-state index contributed by atoms with van der Waals surface area (Å²) in [6, 6.07) is 3.68. The topological polar surface area (TPSA) is 46.1 Å². The van der Waals surface area contributed by atoms with Gasteiger partial charge in [0.2, 0.25) is 5.91 Å². The number of carbonyl (C=O) groups excluding carboxylic acids is 1. The molecule has 0 aliphatic heterocycles. The van der Waals surface area contributed by atoms with Crippen LogP contribution in [0.15, 0.2) is 24.5 Å². The second-order valence-corrected chi connectivity index (χ2v) is 8.25. The zero-order chi connectivity index (χ0) is 20.7. The van der Waals surface area contributed by atoms with Gasteiger partial charge in [-0.25, -0.2) is 4.98 Å². The average molecular weight is 428 g/mol. The van der Waals surface area contributed by atoms with Gasteiger partial charge in [-0.05, 0) is 19.1 Å². The summed E-state index contributed by atoms with van der Waals surface area (Å²) in [5.41, 5.74) is 1.51. The summed E-state index contributed by atoms with van der Waals surface area (Å²) in [6.07, 6.45) is 3.75.